The second-order valence-electron chi connectivity index (χ2n) is 5.41. The second kappa shape index (κ2) is 4.49. The number of hydrogen-bond acceptors (Lipinski definition) is 2. The quantitative estimate of drug-likeness (QED) is 0.856. The Morgan fingerprint density at radius 2 is 2.00 bits per heavy atom. The molecule has 0 unspecified atom stereocenters. The highest BCUT2D eigenvalue weighted by Gasteiger charge is 2.20. The monoisotopic (exact) mass is 256 g/mol. The van der Waals surface area contributed by atoms with E-state index in [0.29, 0.717) is 0 Å². The molecule has 1 aromatic carbocycles. The van der Waals surface area contributed by atoms with E-state index in [9.17, 15) is 4.79 Å². The van der Waals surface area contributed by atoms with Gasteiger partial charge in [-0.15, -0.1) is 0 Å². The van der Waals surface area contributed by atoms with E-state index < -0.39 is 0 Å². The number of benzene rings is 1. The largest absolute Gasteiger partial charge is 0.344 e. The average molecular weight is 256 g/mol. The minimum absolute atomic E-state index is 0.170. The zero-order valence-electron chi connectivity index (χ0n) is 11.8. The maximum atomic E-state index is 12.0. The third-order valence-corrected chi connectivity index (χ3v) is 4.07. The number of aromatic nitrogens is 1. The van der Waals surface area contributed by atoms with Crippen LogP contribution in [0.2, 0.25) is 0 Å². The summed E-state index contributed by atoms with van der Waals surface area (Å²) in [4.78, 5) is 12.0. The molecule has 0 saturated heterocycles. The molecule has 0 spiro atoms. The van der Waals surface area contributed by atoms with Crippen molar-refractivity contribution in [2.75, 3.05) is 0 Å². The summed E-state index contributed by atoms with van der Waals surface area (Å²) in [5.74, 6) is 0.170. The third kappa shape index (κ3) is 1.80. The van der Waals surface area contributed by atoms with E-state index in [1.165, 1.54) is 16.6 Å². The van der Waals surface area contributed by atoms with Crippen LogP contribution >= 0.6 is 0 Å². The van der Waals surface area contributed by atoms with Crippen LogP contribution in [-0.4, -0.2) is 10.4 Å². The van der Waals surface area contributed by atoms with Crippen LogP contribution in [0.25, 0.3) is 10.9 Å². The van der Waals surface area contributed by atoms with Crippen molar-refractivity contribution in [3.05, 3.63) is 34.5 Å². The van der Waals surface area contributed by atoms with Gasteiger partial charge < -0.3 is 9.88 Å². The van der Waals surface area contributed by atoms with Gasteiger partial charge in [-0.2, -0.15) is 0 Å². The molecule has 0 atom stereocenters. The highest BCUT2D eigenvalue weighted by Crippen LogP contribution is 2.31. The molecule has 1 aliphatic rings. The zero-order valence-corrected chi connectivity index (χ0v) is 11.8. The van der Waals surface area contributed by atoms with Crippen LogP contribution in [0.5, 0.6) is 0 Å². The molecule has 100 valence electrons. The Morgan fingerprint density at radius 1 is 1.32 bits per heavy atom. The summed E-state index contributed by atoms with van der Waals surface area (Å²) in [6.45, 7) is 8.74. The standard InChI is InChI=1S/C16H20N2O/c1-4-5-18-10(2)16(11(3)19)14-6-12-8-17-9-13(12)7-15(14)18/h6-7,17H,4-5,8-9H2,1-3H3. The molecule has 2 heterocycles. The van der Waals surface area contributed by atoms with Crippen molar-refractivity contribution in [2.45, 2.75) is 46.8 Å². The summed E-state index contributed by atoms with van der Waals surface area (Å²) >= 11 is 0. The van der Waals surface area contributed by atoms with E-state index in [2.05, 4.69) is 35.9 Å². The molecule has 1 N–H and O–H groups in total. The number of hydrogen-bond donors (Lipinski definition) is 1. The van der Waals surface area contributed by atoms with Gasteiger partial charge in [-0.1, -0.05) is 6.92 Å². The summed E-state index contributed by atoms with van der Waals surface area (Å²) in [5, 5.41) is 4.50. The number of carbonyl (C=O) groups excluding carboxylic acids is 1. The highest BCUT2D eigenvalue weighted by molar-refractivity contribution is 6.08. The molecule has 1 aliphatic heterocycles. The lowest BCUT2D eigenvalue weighted by Crippen LogP contribution is -2.02. The van der Waals surface area contributed by atoms with Crippen molar-refractivity contribution in [3.8, 4) is 0 Å². The summed E-state index contributed by atoms with van der Waals surface area (Å²) in [7, 11) is 0. The minimum Gasteiger partial charge on any atom is -0.344 e. The van der Waals surface area contributed by atoms with Gasteiger partial charge in [-0.3, -0.25) is 4.79 Å². The highest BCUT2D eigenvalue weighted by atomic mass is 16.1. The molecule has 0 saturated carbocycles. The predicted molar refractivity (Wildman–Crippen MR) is 77.5 cm³/mol. The van der Waals surface area contributed by atoms with Gasteiger partial charge in [0.25, 0.3) is 0 Å². The van der Waals surface area contributed by atoms with Crippen LogP contribution in [0, 0.1) is 6.92 Å². The van der Waals surface area contributed by atoms with Crippen molar-refractivity contribution in [1.82, 2.24) is 9.88 Å². The van der Waals surface area contributed by atoms with Gasteiger partial charge in [0.2, 0.25) is 0 Å². The van der Waals surface area contributed by atoms with Gasteiger partial charge in [-0.25, -0.2) is 0 Å². The Kier molecular flexibility index (Phi) is 2.94. The molecule has 0 bridgehead atoms. The maximum absolute atomic E-state index is 12.0. The van der Waals surface area contributed by atoms with Crippen LogP contribution < -0.4 is 5.32 Å². The van der Waals surface area contributed by atoms with Crippen molar-refractivity contribution < 1.29 is 4.79 Å². The first-order valence-electron chi connectivity index (χ1n) is 6.99. The average Bonchev–Trinajstić information content (AvgIpc) is 2.90. The lowest BCUT2D eigenvalue weighted by atomic mass is 10.0. The Bertz CT molecular complexity index is 667. The van der Waals surface area contributed by atoms with Gasteiger partial charge in [0.05, 0.1) is 0 Å². The number of nitrogens with one attached hydrogen (secondary N) is 1. The predicted octanol–water partition coefficient (Wildman–Crippen LogP) is 3.17. The molecule has 19 heavy (non-hydrogen) atoms. The van der Waals surface area contributed by atoms with E-state index in [1.54, 1.807) is 6.92 Å². The third-order valence-electron chi connectivity index (χ3n) is 4.07. The fourth-order valence-electron chi connectivity index (χ4n) is 3.23. The minimum atomic E-state index is 0.170. The summed E-state index contributed by atoms with van der Waals surface area (Å²) in [5.41, 5.74) is 5.94. The Morgan fingerprint density at radius 3 is 2.63 bits per heavy atom. The van der Waals surface area contributed by atoms with E-state index in [1.807, 2.05) is 0 Å². The number of aryl methyl sites for hydroxylation is 1. The second-order valence-corrected chi connectivity index (χ2v) is 5.41. The first kappa shape index (κ1) is 12.4. The van der Waals surface area contributed by atoms with E-state index >= 15 is 0 Å². The number of Topliss-reactive ketones (excluding diaryl/α,β-unsaturated/α-hetero) is 1. The zero-order chi connectivity index (χ0) is 13.6. The van der Waals surface area contributed by atoms with Gasteiger partial charge >= 0.3 is 0 Å². The lowest BCUT2D eigenvalue weighted by Gasteiger charge is -2.07. The Labute approximate surface area is 113 Å². The van der Waals surface area contributed by atoms with Crippen LogP contribution in [-0.2, 0) is 19.6 Å². The summed E-state index contributed by atoms with van der Waals surface area (Å²) in [6.07, 6.45) is 1.08. The van der Waals surface area contributed by atoms with Crippen molar-refractivity contribution in [1.29, 1.82) is 0 Å². The van der Waals surface area contributed by atoms with Crippen molar-refractivity contribution in [3.63, 3.8) is 0 Å². The molecule has 1 aromatic heterocycles. The van der Waals surface area contributed by atoms with Crippen LogP contribution in [0.3, 0.4) is 0 Å². The molecular weight excluding hydrogens is 236 g/mol. The molecule has 2 aromatic rings. The number of nitrogens with zero attached hydrogens (tertiary/aromatic N) is 1. The van der Waals surface area contributed by atoms with Gasteiger partial charge in [-0.05, 0) is 43.5 Å². The topological polar surface area (TPSA) is 34.0 Å². The number of carbonyl (C=O) groups is 1. The Balaban J connectivity index is 2.35. The first-order chi connectivity index (χ1) is 9.13. The van der Waals surface area contributed by atoms with Crippen LogP contribution in [0.1, 0.15) is 47.4 Å². The Hall–Kier alpha value is -1.61. The van der Waals surface area contributed by atoms with E-state index in [-0.39, 0.29) is 5.78 Å². The molecular formula is C16H20N2O. The van der Waals surface area contributed by atoms with Gasteiger partial charge in [0.15, 0.2) is 5.78 Å². The molecule has 3 rings (SSSR count). The van der Waals surface area contributed by atoms with Gasteiger partial charge in [0, 0.05) is 41.8 Å². The van der Waals surface area contributed by atoms with Crippen LogP contribution in [0.15, 0.2) is 12.1 Å². The molecule has 0 radical (unpaired) electrons. The molecule has 0 fully saturated rings. The van der Waals surface area contributed by atoms with Crippen molar-refractivity contribution >= 4 is 16.7 Å². The fraction of sp³-hybridized carbons (Fsp3) is 0.438. The summed E-state index contributed by atoms with van der Waals surface area (Å²) in [6, 6.07) is 4.47. The SMILES string of the molecule is CCCn1c(C)c(C(C)=O)c2cc3c(cc21)CNC3. The molecule has 0 amide bonds. The fourth-order valence-corrected chi connectivity index (χ4v) is 3.23. The van der Waals surface area contributed by atoms with Crippen LogP contribution in [0.4, 0.5) is 0 Å². The summed E-state index contributed by atoms with van der Waals surface area (Å²) < 4.78 is 2.30. The van der Waals surface area contributed by atoms with Gasteiger partial charge in [0.1, 0.15) is 0 Å². The number of rotatable bonds is 3. The normalized spacial score (nSPS) is 14.1. The van der Waals surface area contributed by atoms with E-state index in [0.717, 1.165) is 42.7 Å². The molecule has 0 aliphatic carbocycles. The molecule has 3 heteroatoms. The number of fused-ring (bicyclic) bond motifs is 2. The first-order valence-corrected chi connectivity index (χ1v) is 6.99. The smallest absolute Gasteiger partial charge is 0.162 e. The van der Waals surface area contributed by atoms with E-state index in [4.69, 9.17) is 0 Å². The molecule has 3 nitrogen and oxygen atoms in total. The lowest BCUT2D eigenvalue weighted by molar-refractivity contribution is 0.101. The maximum Gasteiger partial charge on any atom is 0.162 e. The number of ketones is 1. The van der Waals surface area contributed by atoms with Crippen molar-refractivity contribution in [2.24, 2.45) is 0 Å².